The number of carbonyl (C=O) groups excluding carboxylic acids is 2. The van der Waals surface area contributed by atoms with Gasteiger partial charge in [-0.15, -0.1) is 0 Å². The third-order valence-corrected chi connectivity index (χ3v) is 4.84. The van der Waals surface area contributed by atoms with Gasteiger partial charge in [0.05, 0.1) is 17.3 Å². The number of anilines is 1. The molecule has 0 bridgehead atoms. The van der Waals surface area contributed by atoms with Gasteiger partial charge < -0.3 is 14.2 Å². The average Bonchev–Trinajstić information content (AvgIpc) is 2.93. The molecule has 1 N–H and O–H groups in total. The van der Waals surface area contributed by atoms with E-state index in [9.17, 15) is 9.59 Å². The molecule has 1 saturated heterocycles. The van der Waals surface area contributed by atoms with E-state index in [1.165, 1.54) is 5.06 Å². The van der Waals surface area contributed by atoms with Crippen LogP contribution >= 0.6 is 11.6 Å². The highest BCUT2D eigenvalue weighted by Gasteiger charge is 2.59. The molecule has 28 heavy (non-hydrogen) atoms. The molecule has 0 aliphatic carbocycles. The second kappa shape index (κ2) is 7.42. The molecule has 154 valence electrons. The molecule has 0 unspecified atom stereocenters. The maximum atomic E-state index is 12.6. The van der Waals surface area contributed by atoms with Crippen LogP contribution in [0.3, 0.4) is 0 Å². The van der Waals surface area contributed by atoms with Crippen LogP contribution in [0.1, 0.15) is 39.7 Å². The number of carbonyl (C=O) groups is 2. The summed E-state index contributed by atoms with van der Waals surface area (Å²) in [7, 11) is 1.70. The third kappa shape index (κ3) is 3.76. The van der Waals surface area contributed by atoms with Crippen molar-refractivity contribution < 1.29 is 28.6 Å². The van der Waals surface area contributed by atoms with E-state index in [1.807, 2.05) is 0 Å². The zero-order valence-electron chi connectivity index (χ0n) is 16.6. The highest BCUT2D eigenvalue weighted by Crippen LogP contribution is 2.50. The maximum absolute atomic E-state index is 12.6. The predicted octanol–water partition coefficient (Wildman–Crippen LogP) is 3.12. The smallest absolute Gasteiger partial charge is 0.465 e. The lowest BCUT2D eigenvalue weighted by molar-refractivity contribution is -0.147. The van der Waals surface area contributed by atoms with Crippen molar-refractivity contribution in [2.75, 3.05) is 18.7 Å². The number of hydroxylamine groups is 1. The highest BCUT2D eigenvalue weighted by atomic mass is 35.5. The minimum absolute atomic E-state index is 0.122. The number of esters is 1. The molecule has 0 spiro atoms. The number of hydrogen-bond donors (Lipinski definition) is 1. The highest BCUT2D eigenvalue weighted by molar-refractivity contribution is 6.33. The van der Waals surface area contributed by atoms with Gasteiger partial charge in [0, 0.05) is 19.0 Å². The van der Waals surface area contributed by atoms with Gasteiger partial charge in [-0.1, -0.05) is 23.7 Å². The van der Waals surface area contributed by atoms with Gasteiger partial charge in [-0.05, 0) is 33.8 Å². The van der Waals surface area contributed by atoms with E-state index >= 15 is 0 Å². The molecule has 0 saturated carbocycles. The molecule has 0 radical (unpaired) electrons. The van der Waals surface area contributed by atoms with Crippen molar-refractivity contribution in [1.82, 2.24) is 5.32 Å². The average molecular weight is 413 g/mol. The molecular weight excluding hydrogens is 388 g/mol. The van der Waals surface area contributed by atoms with Crippen molar-refractivity contribution in [1.29, 1.82) is 0 Å². The summed E-state index contributed by atoms with van der Waals surface area (Å²) in [6.07, 6.45) is -1.55. The molecule has 0 aromatic heterocycles. The Hall–Kier alpha value is -2.03. The van der Waals surface area contributed by atoms with Crippen molar-refractivity contribution in [3.05, 3.63) is 28.8 Å². The molecule has 9 heteroatoms. The van der Waals surface area contributed by atoms with Crippen LogP contribution in [0.25, 0.3) is 0 Å². The predicted molar refractivity (Wildman–Crippen MR) is 102 cm³/mol. The van der Waals surface area contributed by atoms with Crippen LogP contribution in [-0.2, 0) is 29.4 Å². The number of benzene rings is 1. The summed E-state index contributed by atoms with van der Waals surface area (Å²) < 4.78 is 16.3. The minimum atomic E-state index is -1.30. The largest absolute Gasteiger partial charge is 0.509 e. The molecule has 2 heterocycles. The summed E-state index contributed by atoms with van der Waals surface area (Å²) in [5.74, 6) is -0.445. The van der Waals surface area contributed by atoms with Crippen LogP contribution in [-0.4, -0.2) is 43.7 Å². The summed E-state index contributed by atoms with van der Waals surface area (Å²) in [6, 6.07) is 4.56. The zero-order valence-corrected chi connectivity index (χ0v) is 17.3. The maximum Gasteiger partial charge on any atom is 0.509 e. The van der Waals surface area contributed by atoms with Gasteiger partial charge in [-0.2, -0.15) is 0 Å². The van der Waals surface area contributed by atoms with E-state index in [2.05, 4.69) is 5.32 Å². The molecule has 3 rings (SSSR count). The van der Waals surface area contributed by atoms with Crippen LogP contribution in [0.5, 0.6) is 0 Å². The fourth-order valence-corrected chi connectivity index (χ4v) is 3.80. The van der Waals surface area contributed by atoms with Gasteiger partial charge in [-0.3, -0.25) is 15.2 Å². The Balaban J connectivity index is 2.03. The molecule has 2 aliphatic rings. The Morgan fingerprint density at radius 2 is 2.11 bits per heavy atom. The summed E-state index contributed by atoms with van der Waals surface area (Å²) in [6.45, 7) is 7.20. The van der Waals surface area contributed by atoms with Crippen LogP contribution < -0.4 is 10.4 Å². The standard InChI is InChI=1S/C19H25ClN2O6/c1-6-25-15(23)13-10-19(27-17(24)26-18(2,3)4)11-8-7-9-12(20)14(11)22(5)28-16(19)21-13/h7-9,13,16,21H,6,10H2,1-5H3/t13-,16+,19+/m0/s1. The molecule has 1 fully saturated rings. The van der Waals surface area contributed by atoms with Gasteiger partial charge in [0.15, 0.2) is 11.8 Å². The monoisotopic (exact) mass is 412 g/mol. The number of halogens is 1. The van der Waals surface area contributed by atoms with E-state index in [0.717, 1.165) is 0 Å². The minimum Gasteiger partial charge on any atom is -0.465 e. The van der Waals surface area contributed by atoms with E-state index in [1.54, 1.807) is 52.9 Å². The number of para-hydroxylation sites is 1. The number of hydrogen-bond acceptors (Lipinski definition) is 8. The lowest BCUT2D eigenvalue weighted by Crippen LogP contribution is -2.53. The van der Waals surface area contributed by atoms with Crippen molar-refractivity contribution in [2.24, 2.45) is 0 Å². The Labute approximate surface area is 169 Å². The van der Waals surface area contributed by atoms with E-state index in [0.29, 0.717) is 16.3 Å². The molecular formula is C19H25ClN2O6. The fraction of sp³-hybridized carbons (Fsp3) is 0.579. The normalized spacial score (nSPS) is 26.3. The summed E-state index contributed by atoms with van der Waals surface area (Å²) in [5, 5.41) is 5.00. The van der Waals surface area contributed by atoms with Crippen molar-refractivity contribution in [3.8, 4) is 0 Å². The summed E-state index contributed by atoms with van der Waals surface area (Å²) in [4.78, 5) is 30.8. The second-order valence-electron chi connectivity index (χ2n) is 7.75. The van der Waals surface area contributed by atoms with Crippen LogP contribution in [0.4, 0.5) is 10.5 Å². The number of rotatable bonds is 3. The molecule has 1 aromatic carbocycles. The molecule has 3 atom stereocenters. The summed E-state index contributed by atoms with van der Waals surface area (Å²) in [5.41, 5.74) is -0.842. The van der Waals surface area contributed by atoms with Crippen LogP contribution in [0, 0.1) is 0 Å². The van der Waals surface area contributed by atoms with Gasteiger partial charge in [0.1, 0.15) is 11.6 Å². The molecule has 2 aliphatic heterocycles. The van der Waals surface area contributed by atoms with Gasteiger partial charge in [0.2, 0.25) is 0 Å². The first-order chi connectivity index (χ1) is 13.1. The van der Waals surface area contributed by atoms with Gasteiger partial charge in [-0.25, -0.2) is 9.63 Å². The number of nitrogens with one attached hydrogen (secondary N) is 1. The van der Waals surface area contributed by atoms with E-state index in [-0.39, 0.29) is 13.0 Å². The Morgan fingerprint density at radius 3 is 2.75 bits per heavy atom. The van der Waals surface area contributed by atoms with Crippen molar-refractivity contribution in [3.63, 3.8) is 0 Å². The number of ether oxygens (including phenoxy) is 3. The first-order valence-electron chi connectivity index (χ1n) is 9.11. The van der Waals surface area contributed by atoms with Crippen molar-refractivity contribution >= 4 is 29.4 Å². The SMILES string of the molecule is CCOC(=O)[C@@H]1C[C@@]2(OC(=O)OC(C)(C)C)c3cccc(Cl)c3N(C)O[C@H]2N1. The quantitative estimate of drug-likeness (QED) is 0.758. The Kier molecular flexibility index (Phi) is 5.49. The van der Waals surface area contributed by atoms with Gasteiger partial charge >= 0.3 is 12.1 Å². The van der Waals surface area contributed by atoms with Crippen LogP contribution in [0.15, 0.2) is 18.2 Å². The fourth-order valence-electron chi connectivity index (χ4n) is 3.50. The first-order valence-corrected chi connectivity index (χ1v) is 9.49. The lowest BCUT2D eigenvalue weighted by atomic mass is 9.87. The van der Waals surface area contributed by atoms with E-state index < -0.39 is 35.6 Å². The molecule has 8 nitrogen and oxygen atoms in total. The topological polar surface area (TPSA) is 86.3 Å². The zero-order chi connectivity index (χ0) is 20.7. The van der Waals surface area contributed by atoms with E-state index in [4.69, 9.17) is 30.6 Å². The first kappa shape index (κ1) is 20.7. The van der Waals surface area contributed by atoms with Crippen LogP contribution in [0.2, 0.25) is 5.02 Å². The molecule has 0 amide bonds. The van der Waals surface area contributed by atoms with Gasteiger partial charge in [0.25, 0.3) is 0 Å². The second-order valence-corrected chi connectivity index (χ2v) is 8.16. The summed E-state index contributed by atoms with van der Waals surface area (Å²) >= 11 is 6.38. The van der Waals surface area contributed by atoms with Crippen molar-refractivity contribution in [2.45, 2.75) is 57.6 Å². The molecule has 1 aromatic rings. The Bertz CT molecular complexity index is 780. The number of nitrogens with zero attached hydrogens (tertiary/aromatic N) is 1. The Morgan fingerprint density at radius 1 is 1.39 bits per heavy atom. The number of fused-ring (bicyclic) bond motifs is 3. The lowest BCUT2D eigenvalue weighted by Gasteiger charge is -2.43. The third-order valence-electron chi connectivity index (χ3n) is 4.53.